The maximum Gasteiger partial charge on any atom is 0.0576 e. The van der Waals surface area contributed by atoms with Crippen molar-refractivity contribution in [3.05, 3.63) is 0 Å². The highest BCUT2D eigenvalue weighted by atomic mass is 16.5. The highest BCUT2D eigenvalue weighted by Gasteiger charge is 2.34. The number of hydrogen-bond acceptors (Lipinski definition) is 2. The van der Waals surface area contributed by atoms with E-state index in [2.05, 4.69) is 19.2 Å². The van der Waals surface area contributed by atoms with Crippen molar-refractivity contribution < 1.29 is 4.74 Å². The molecule has 0 saturated carbocycles. The fourth-order valence-electron chi connectivity index (χ4n) is 3.45. The molecule has 2 atom stereocenters. The van der Waals surface area contributed by atoms with Gasteiger partial charge in [-0.05, 0) is 51.0 Å². The van der Waals surface area contributed by atoms with Gasteiger partial charge in [0.15, 0.2) is 0 Å². The third kappa shape index (κ3) is 3.45. The Morgan fingerprint density at radius 3 is 2.82 bits per heavy atom. The van der Waals surface area contributed by atoms with Crippen LogP contribution in [0.4, 0.5) is 0 Å². The van der Waals surface area contributed by atoms with Crippen LogP contribution in [0.2, 0.25) is 0 Å². The Kier molecular flexibility index (Phi) is 4.87. The number of ether oxygens (including phenoxy) is 1. The molecule has 0 amide bonds. The molecule has 2 heterocycles. The summed E-state index contributed by atoms with van der Waals surface area (Å²) in [5.74, 6) is 0.738. The van der Waals surface area contributed by atoms with Gasteiger partial charge in [-0.2, -0.15) is 0 Å². The molecule has 0 aromatic carbocycles. The quantitative estimate of drug-likeness (QED) is 0.810. The molecule has 2 unspecified atom stereocenters. The molecule has 2 nitrogen and oxygen atoms in total. The van der Waals surface area contributed by atoms with Crippen LogP contribution in [0.3, 0.4) is 0 Å². The van der Waals surface area contributed by atoms with Gasteiger partial charge in [0.1, 0.15) is 0 Å². The third-order valence-electron chi connectivity index (χ3n) is 4.82. The van der Waals surface area contributed by atoms with E-state index in [9.17, 15) is 0 Å². The van der Waals surface area contributed by atoms with Crippen LogP contribution in [-0.2, 0) is 4.74 Å². The average molecular weight is 239 g/mol. The minimum atomic E-state index is 0.391. The minimum Gasteiger partial charge on any atom is -0.378 e. The standard InChI is InChI=1S/C15H29NO/c1-13(2)15(9-4-3-5-11-16-15)10-8-14-7-6-12-17-14/h13-14,16H,3-12H2,1-2H3. The predicted molar refractivity (Wildman–Crippen MR) is 72.2 cm³/mol. The van der Waals surface area contributed by atoms with Crippen LogP contribution in [0.15, 0.2) is 0 Å². The van der Waals surface area contributed by atoms with Gasteiger partial charge < -0.3 is 10.1 Å². The van der Waals surface area contributed by atoms with Crippen molar-refractivity contribution in [2.45, 2.75) is 76.9 Å². The van der Waals surface area contributed by atoms with Crippen molar-refractivity contribution in [1.82, 2.24) is 5.32 Å². The van der Waals surface area contributed by atoms with Gasteiger partial charge in [-0.15, -0.1) is 0 Å². The highest BCUT2D eigenvalue weighted by Crippen LogP contribution is 2.33. The monoisotopic (exact) mass is 239 g/mol. The Morgan fingerprint density at radius 1 is 1.24 bits per heavy atom. The highest BCUT2D eigenvalue weighted by molar-refractivity contribution is 4.93. The molecule has 0 spiro atoms. The fraction of sp³-hybridized carbons (Fsp3) is 1.00. The van der Waals surface area contributed by atoms with E-state index in [0.717, 1.165) is 12.5 Å². The Hall–Kier alpha value is -0.0800. The molecule has 0 aromatic rings. The zero-order chi connectivity index (χ0) is 12.1. The predicted octanol–water partition coefficient (Wildman–Crippen LogP) is 3.50. The van der Waals surface area contributed by atoms with Crippen molar-refractivity contribution in [2.75, 3.05) is 13.2 Å². The Morgan fingerprint density at radius 2 is 2.12 bits per heavy atom. The average Bonchev–Trinajstić information content (AvgIpc) is 2.71. The van der Waals surface area contributed by atoms with E-state index in [-0.39, 0.29) is 0 Å². The molecule has 0 aliphatic carbocycles. The van der Waals surface area contributed by atoms with Gasteiger partial charge in [-0.3, -0.25) is 0 Å². The Bertz CT molecular complexity index is 213. The normalized spacial score (nSPS) is 35.1. The summed E-state index contributed by atoms with van der Waals surface area (Å²) < 4.78 is 5.77. The van der Waals surface area contributed by atoms with Gasteiger partial charge in [0, 0.05) is 12.1 Å². The van der Waals surface area contributed by atoms with Crippen LogP contribution in [0.5, 0.6) is 0 Å². The zero-order valence-corrected chi connectivity index (χ0v) is 11.6. The lowest BCUT2D eigenvalue weighted by Crippen LogP contribution is -2.49. The maximum absolute atomic E-state index is 5.77. The second-order valence-corrected chi connectivity index (χ2v) is 6.22. The van der Waals surface area contributed by atoms with Gasteiger partial charge >= 0.3 is 0 Å². The molecule has 2 saturated heterocycles. The second-order valence-electron chi connectivity index (χ2n) is 6.22. The lowest BCUT2D eigenvalue weighted by molar-refractivity contribution is 0.0852. The topological polar surface area (TPSA) is 21.3 Å². The van der Waals surface area contributed by atoms with E-state index in [1.807, 2.05) is 0 Å². The smallest absolute Gasteiger partial charge is 0.0576 e. The summed E-state index contributed by atoms with van der Waals surface area (Å²) in [5.41, 5.74) is 0.391. The molecule has 2 aliphatic rings. The molecule has 17 heavy (non-hydrogen) atoms. The molecule has 0 bridgehead atoms. The minimum absolute atomic E-state index is 0.391. The molecular formula is C15H29NO. The molecule has 2 heteroatoms. The zero-order valence-electron chi connectivity index (χ0n) is 11.6. The summed E-state index contributed by atoms with van der Waals surface area (Å²) in [6, 6.07) is 0. The van der Waals surface area contributed by atoms with Crippen molar-refractivity contribution in [3.63, 3.8) is 0 Å². The van der Waals surface area contributed by atoms with Crippen LogP contribution in [0.25, 0.3) is 0 Å². The molecule has 0 radical (unpaired) electrons. The first-order valence-corrected chi connectivity index (χ1v) is 7.59. The number of nitrogens with one attached hydrogen (secondary N) is 1. The SMILES string of the molecule is CC(C)C1(CCC2CCCO2)CCCCCN1. The molecular weight excluding hydrogens is 210 g/mol. The van der Waals surface area contributed by atoms with Crippen LogP contribution < -0.4 is 5.32 Å². The lowest BCUT2D eigenvalue weighted by Gasteiger charge is -2.38. The summed E-state index contributed by atoms with van der Waals surface area (Å²) in [6.07, 6.45) is 11.2. The van der Waals surface area contributed by atoms with Gasteiger partial charge in [0.25, 0.3) is 0 Å². The van der Waals surface area contributed by atoms with Crippen LogP contribution in [-0.4, -0.2) is 24.8 Å². The lowest BCUT2D eigenvalue weighted by atomic mass is 9.78. The Labute approximate surface area is 107 Å². The van der Waals surface area contributed by atoms with Crippen molar-refractivity contribution in [3.8, 4) is 0 Å². The van der Waals surface area contributed by atoms with Gasteiger partial charge in [-0.25, -0.2) is 0 Å². The van der Waals surface area contributed by atoms with Crippen molar-refractivity contribution >= 4 is 0 Å². The van der Waals surface area contributed by atoms with E-state index in [1.54, 1.807) is 0 Å². The summed E-state index contributed by atoms with van der Waals surface area (Å²) in [4.78, 5) is 0. The fourth-order valence-corrected chi connectivity index (χ4v) is 3.45. The maximum atomic E-state index is 5.77. The Balaban J connectivity index is 1.89. The first-order valence-electron chi connectivity index (χ1n) is 7.59. The van der Waals surface area contributed by atoms with Crippen LogP contribution in [0, 0.1) is 5.92 Å². The van der Waals surface area contributed by atoms with Crippen LogP contribution in [0.1, 0.15) is 65.2 Å². The van der Waals surface area contributed by atoms with Gasteiger partial charge in [0.05, 0.1) is 6.10 Å². The molecule has 2 rings (SSSR count). The molecule has 100 valence electrons. The van der Waals surface area contributed by atoms with Crippen molar-refractivity contribution in [2.24, 2.45) is 5.92 Å². The van der Waals surface area contributed by atoms with E-state index < -0.39 is 0 Å². The van der Waals surface area contributed by atoms with Gasteiger partial charge in [-0.1, -0.05) is 26.7 Å². The van der Waals surface area contributed by atoms with E-state index in [1.165, 1.54) is 57.9 Å². The summed E-state index contributed by atoms with van der Waals surface area (Å²) in [7, 11) is 0. The van der Waals surface area contributed by atoms with Crippen LogP contribution >= 0.6 is 0 Å². The van der Waals surface area contributed by atoms with Crippen molar-refractivity contribution in [1.29, 1.82) is 0 Å². The van der Waals surface area contributed by atoms with Gasteiger partial charge in [0.2, 0.25) is 0 Å². The molecule has 2 aliphatic heterocycles. The summed E-state index contributed by atoms with van der Waals surface area (Å²) >= 11 is 0. The summed E-state index contributed by atoms with van der Waals surface area (Å²) in [6.45, 7) is 6.97. The third-order valence-corrected chi connectivity index (χ3v) is 4.82. The molecule has 0 aromatic heterocycles. The second kappa shape index (κ2) is 6.19. The number of rotatable bonds is 4. The largest absolute Gasteiger partial charge is 0.378 e. The molecule has 1 N–H and O–H groups in total. The molecule has 2 fully saturated rings. The van der Waals surface area contributed by atoms with E-state index in [0.29, 0.717) is 11.6 Å². The number of hydrogen-bond donors (Lipinski definition) is 1. The van der Waals surface area contributed by atoms with E-state index >= 15 is 0 Å². The first-order chi connectivity index (χ1) is 8.23. The summed E-state index contributed by atoms with van der Waals surface area (Å²) in [5, 5.41) is 3.86. The first kappa shape index (κ1) is 13.4. The van der Waals surface area contributed by atoms with E-state index in [4.69, 9.17) is 4.74 Å².